The molecule has 0 radical (unpaired) electrons. The highest BCUT2D eigenvalue weighted by Crippen LogP contribution is 2.20. The molecule has 0 aliphatic carbocycles. The first-order chi connectivity index (χ1) is 11.1. The van der Waals surface area contributed by atoms with Crippen molar-refractivity contribution in [3.8, 4) is 11.5 Å². The number of carbonyl (C=O) groups is 2. The summed E-state index contributed by atoms with van der Waals surface area (Å²) in [5, 5.41) is 0. The second-order valence-corrected chi connectivity index (χ2v) is 4.55. The van der Waals surface area contributed by atoms with E-state index in [0.29, 0.717) is 11.3 Å². The minimum Gasteiger partial charge on any atom is -0.496 e. The van der Waals surface area contributed by atoms with Crippen molar-refractivity contribution in [1.82, 2.24) is 0 Å². The summed E-state index contributed by atoms with van der Waals surface area (Å²) in [6, 6.07) is 10.3. The number of rotatable bonds is 6. The van der Waals surface area contributed by atoms with Crippen molar-refractivity contribution in [2.45, 2.75) is 0 Å². The molecule has 120 valence electrons. The van der Waals surface area contributed by atoms with E-state index in [4.69, 9.17) is 14.2 Å². The maximum Gasteiger partial charge on any atom is 0.338 e. The number of carbonyl (C=O) groups excluding carboxylic acids is 2. The van der Waals surface area contributed by atoms with Gasteiger partial charge in [-0.2, -0.15) is 0 Å². The number of ketones is 1. The predicted molar refractivity (Wildman–Crippen MR) is 80.6 cm³/mol. The molecule has 0 aliphatic heterocycles. The van der Waals surface area contributed by atoms with Gasteiger partial charge in [-0.15, -0.1) is 0 Å². The second kappa shape index (κ2) is 7.40. The molecule has 0 bridgehead atoms. The number of halogens is 1. The third-order valence-corrected chi connectivity index (χ3v) is 3.13. The van der Waals surface area contributed by atoms with Crippen LogP contribution >= 0.6 is 0 Å². The van der Waals surface area contributed by atoms with Gasteiger partial charge in [-0.25, -0.2) is 9.18 Å². The van der Waals surface area contributed by atoms with Gasteiger partial charge in [0.25, 0.3) is 0 Å². The first kappa shape index (κ1) is 16.5. The third kappa shape index (κ3) is 3.85. The summed E-state index contributed by atoms with van der Waals surface area (Å²) in [6.45, 7) is -0.465. The first-order valence-electron chi connectivity index (χ1n) is 6.73. The fraction of sp³-hybridized carbons (Fsp3) is 0.176. The SMILES string of the molecule is COc1ccc(C(=O)OCC(=O)c2ccccc2OC)cc1F. The zero-order chi connectivity index (χ0) is 16.8. The van der Waals surface area contributed by atoms with Crippen molar-refractivity contribution in [1.29, 1.82) is 0 Å². The van der Waals surface area contributed by atoms with E-state index in [1.165, 1.54) is 26.4 Å². The van der Waals surface area contributed by atoms with E-state index in [1.807, 2.05) is 0 Å². The maximum atomic E-state index is 13.6. The topological polar surface area (TPSA) is 61.8 Å². The normalized spacial score (nSPS) is 10.0. The molecule has 0 heterocycles. The Labute approximate surface area is 132 Å². The van der Waals surface area contributed by atoms with Gasteiger partial charge in [0.15, 0.2) is 18.2 Å². The van der Waals surface area contributed by atoms with Crippen LogP contribution in [-0.2, 0) is 4.74 Å². The van der Waals surface area contributed by atoms with Gasteiger partial charge in [0, 0.05) is 0 Å². The van der Waals surface area contributed by atoms with Gasteiger partial charge in [0.1, 0.15) is 5.75 Å². The lowest BCUT2D eigenvalue weighted by molar-refractivity contribution is 0.0473. The van der Waals surface area contributed by atoms with Crippen molar-refractivity contribution >= 4 is 11.8 Å². The molecule has 0 saturated heterocycles. The molecule has 5 nitrogen and oxygen atoms in total. The van der Waals surface area contributed by atoms with Crippen molar-refractivity contribution in [2.75, 3.05) is 20.8 Å². The molecule has 0 unspecified atom stereocenters. The average molecular weight is 318 g/mol. The lowest BCUT2D eigenvalue weighted by atomic mass is 10.1. The van der Waals surface area contributed by atoms with Crippen molar-refractivity contribution in [2.24, 2.45) is 0 Å². The van der Waals surface area contributed by atoms with Crippen molar-refractivity contribution in [3.05, 3.63) is 59.4 Å². The van der Waals surface area contributed by atoms with Gasteiger partial charge in [0.05, 0.1) is 25.3 Å². The van der Waals surface area contributed by atoms with Crippen LogP contribution in [0.25, 0.3) is 0 Å². The molecule has 6 heteroatoms. The van der Waals surface area contributed by atoms with E-state index in [-0.39, 0.29) is 11.3 Å². The van der Waals surface area contributed by atoms with E-state index in [2.05, 4.69) is 0 Å². The lowest BCUT2D eigenvalue weighted by Crippen LogP contribution is -2.15. The molecule has 0 fully saturated rings. The summed E-state index contributed by atoms with van der Waals surface area (Å²) >= 11 is 0. The monoisotopic (exact) mass is 318 g/mol. The van der Waals surface area contributed by atoms with Gasteiger partial charge in [-0.1, -0.05) is 12.1 Å². The maximum absolute atomic E-state index is 13.6. The lowest BCUT2D eigenvalue weighted by Gasteiger charge is -2.08. The Bertz CT molecular complexity index is 727. The molecule has 0 atom stereocenters. The Kier molecular flexibility index (Phi) is 5.30. The minimum atomic E-state index is -0.796. The Morgan fingerprint density at radius 1 is 1.00 bits per heavy atom. The number of hydrogen-bond donors (Lipinski definition) is 0. The van der Waals surface area contributed by atoms with Crippen LogP contribution < -0.4 is 9.47 Å². The summed E-state index contributed by atoms with van der Waals surface area (Å²) in [6.07, 6.45) is 0. The van der Waals surface area contributed by atoms with Crippen molar-refractivity contribution < 1.29 is 28.2 Å². The molecule has 0 aliphatic rings. The van der Waals surface area contributed by atoms with E-state index >= 15 is 0 Å². The average Bonchev–Trinajstić information content (AvgIpc) is 2.59. The summed E-state index contributed by atoms with van der Waals surface area (Å²) in [7, 11) is 2.76. The summed E-state index contributed by atoms with van der Waals surface area (Å²) in [5.41, 5.74) is 0.305. The zero-order valence-corrected chi connectivity index (χ0v) is 12.7. The fourth-order valence-corrected chi connectivity index (χ4v) is 1.96. The van der Waals surface area contributed by atoms with Crippen LogP contribution in [0.3, 0.4) is 0 Å². The molecular weight excluding hydrogens is 303 g/mol. The summed E-state index contributed by atoms with van der Waals surface area (Å²) in [5.74, 6) is -1.48. The van der Waals surface area contributed by atoms with E-state index in [0.717, 1.165) is 6.07 Å². The second-order valence-electron chi connectivity index (χ2n) is 4.55. The predicted octanol–water partition coefficient (Wildman–Crippen LogP) is 2.88. The number of benzene rings is 2. The van der Waals surface area contributed by atoms with Crippen LogP contribution in [0.2, 0.25) is 0 Å². The Balaban J connectivity index is 2.04. The highest BCUT2D eigenvalue weighted by Gasteiger charge is 2.16. The van der Waals surface area contributed by atoms with E-state index < -0.39 is 24.2 Å². The largest absolute Gasteiger partial charge is 0.496 e. The first-order valence-corrected chi connectivity index (χ1v) is 6.73. The van der Waals surface area contributed by atoms with Crippen LogP contribution in [0.1, 0.15) is 20.7 Å². The Morgan fingerprint density at radius 3 is 2.35 bits per heavy atom. The Morgan fingerprint density at radius 2 is 1.70 bits per heavy atom. The van der Waals surface area contributed by atoms with Gasteiger partial charge in [-0.05, 0) is 30.3 Å². The van der Waals surface area contributed by atoms with Crippen LogP contribution in [-0.4, -0.2) is 32.6 Å². The number of methoxy groups -OCH3 is 2. The summed E-state index contributed by atoms with van der Waals surface area (Å²) < 4.78 is 28.3. The molecule has 23 heavy (non-hydrogen) atoms. The van der Waals surface area contributed by atoms with Gasteiger partial charge in [0.2, 0.25) is 5.78 Å². The molecule has 0 aromatic heterocycles. The number of esters is 1. The highest BCUT2D eigenvalue weighted by atomic mass is 19.1. The fourth-order valence-electron chi connectivity index (χ4n) is 1.96. The smallest absolute Gasteiger partial charge is 0.338 e. The van der Waals surface area contributed by atoms with Crippen LogP contribution in [0.4, 0.5) is 4.39 Å². The standard InChI is InChI=1S/C17H15FO5/c1-21-15-6-4-3-5-12(15)14(19)10-23-17(20)11-7-8-16(22-2)13(18)9-11/h3-9H,10H2,1-2H3. The molecule has 2 aromatic carbocycles. The van der Waals surface area contributed by atoms with Crippen molar-refractivity contribution in [3.63, 3.8) is 0 Å². The third-order valence-electron chi connectivity index (χ3n) is 3.13. The molecule has 2 rings (SSSR count). The number of para-hydroxylation sites is 1. The number of ether oxygens (including phenoxy) is 3. The minimum absolute atomic E-state index is 0.00359. The van der Waals surface area contributed by atoms with Crippen LogP contribution in [0, 0.1) is 5.82 Å². The molecular formula is C17H15FO5. The van der Waals surface area contributed by atoms with E-state index in [1.54, 1.807) is 24.3 Å². The zero-order valence-electron chi connectivity index (χ0n) is 12.7. The molecule has 2 aromatic rings. The Hall–Kier alpha value is -2.89. The number of Topliss-reactive ketones (excluding diaryl/α,β-unsaturated/α-hetero) is 1. The molecule has 0 saturated carbocycles. The summed E-state index contributed by atoms with van der Waals surface area (Å²) in [4.78, 5) is 23.9. The van der Waals surface area contributed by atoms with Crippen LogP contribution in [0.5, 0.6) is 11.5 Å². The van der Waals surface area contributed by atoms with Gasteiger partial charge < -0.3 is 14.2 Å². The highest BCUT2D eigenvalue weighted by molar-refractivity contribution is 6.01. The molecule has 0 N–H and O–H groups in total. The van der Waals surface area contributed by atoms with E-state index in [9.17, 15) is 14.0 Å². The quantitative estimate of drug-likeness (QED) is 0.605. The molecule has 0 spiro atoms. The molecule has 0 amide bonds. The van der Waals surface area contributed by atoms with Gasteiger partial charge in [-0.3, -0.25) is 4.79 Å². The van der Waals surface area contributed by atoms with Crippen LogP contribution in [0.15, 0.2) is 42.5 Å². The van der Waals surface area contributed by atoms with Gasteiger partial charge >= 0.3 is 5.97 Å². The number of hydrogen-bond acceptors (Lipinski definition) is 5.